The van der Waals surface area contributed by atoms with E-state index < -0.39 is 0 Å². The van der Waals surface area contributed by atoms with E-state index in [0.717, 1.165) is 56.8 Å². The van der Waals surface area contributed by atoms with Crippen LogP contribution in [0.15, 0.2) is 22.4 Å². The zero-order chi connectivity index (χ0) is 13.2. The van der Waals surface area contributed by atoms with Gasteiger partial charge in [-0.05, 0) is 13.8 Å². The number of amidine groups is 2. The van der Waals surface area contributed by atoms with Crippen molar-refractivity contribution in [2.75, 3.05) is 39.3 Å². The molecule has 0 saturated carbocycles. The Balaban J connectivity index is 0. The number of nitrogens with zero attached hydrogens (tertiary/aromatic N) is 2. The van der Waals surface area contributed by atoms with Gasteiger partial charge in [0.15, 0.2) is 0 Å². The van der Waals surface area contributed by atoms with Crippen molar-refractivity contribution in [2.45, 2.75) is 13.8 Å². The van der Waals surface area contributed by atoms with Crippen LogP contribution in [0.3, 0.4) is 0 Å². The third-order valence-corrected chi connectivity index (χ3v) is 2.48. The molecule has 6 heteroatoms. The van der Waals surface area contributed by atoms with Gasteiger partial charge in [0.25, 0.3) is 0 Å². The fourth-order valence-corrected chi connectivity index (χ4v) is 1.52. The quantitative estimate of drug-likeness (QED) is 0.487. The summed E-state index contributed by atoms with van der Waals surface area (Å²) in [6.07, 6.45) is 0. The van der Waals surface area contributed by atoms with E-state index in [0.29, 0.717) is 0 Å². The van der Waals surface area contributed by atoms with Crippen LogP contribution in [-0.2, 0) is 0 Å². The van der Waals surface area contributed by atoms with Gasteiger partial charge in [0.2, 0.25) is 0 Å². The monoisotopic (exact) mass is 255 g/mol. The number of rotatable bonds is 0. The van der Waals surface area contributed by atoms with Crippen LogP contribution in [0.5, 0.6) is 0 Å². The van der Waals surface area contributed by atoms with Crippen molar-refractivity contribution in [1.82, 2.24) is 21.3 Å². The van der Waals surface area contributed by atoms with Gasteiger partial charge in [-0.1, -0.05) is 6.58 Å². The molecule has 0 aliphatic carbocycles. The van der Waals surface area contributed by atoms with Gasteiger partial charge in [-0.2, -0.15) is 0 Å². The van der Waals surface area contributed by atoms with Crippen molar-refractivity contribution in [2.24, 2.45) is 9.98 Å². The minimum Gasteiger partial charge on any atom is -0.372 e. The second kappa shape index (κ2) is 8.38. The van der Waals surface area contributed by atoms with Gasteiger partial charge < -0.3 is 21.3 Å². The van der Waals surface area contributed by atoms with Gasteiger partial charge in [0, 0.05) is 26.2 Å². The minimum absolute atomic E-state index is 0. The van der Waals surface area contributed by atoms with Crippen LogP contribution in [0.2, 0.25) is 0 Å². The van der Waals surface area contributed by atoms with Gasteiger partial charge in [0.05, 0.1) is 30.6 Å². The molecule has 4 N–H and O–H groups in total. The number of aliphatic imine (C=N–C) groups is 2. The SMILES string of the molecule is C=C1NCCN1.CC1=NCCN1.CC1=NCCN1.[2H+].[H+]. The summed E-state index contributed by atoms with van der Waals surface area (Å²) < 4.78 is 0. The third kappa shape index (κ3) is 6.78. The van der Waals surface area contributed by atoms with Crippen molar-refractivity contribution in [3.63, 3.8) is 0 Å². The summed E-state index contributed by atoms with van der Waals surface area (Å²) in [6, 6.07) is 0. The Morgan fingerprint density at radius 3 is 1.44 bits per heavy atom. The van der Waals surface area contributed by atoms with Crippen LogP contribution < -0.4 is 21.3 Å². The van der Waals surface area contributed by atoms with Crippen molar-refractivity contribution in [3.8, 4) is 0 Å². The number of nitrogens with one attached hydrogen (secondary N) is 4. The molecule has 3 heterocycles. The Morgan fingerprint density at radius 1 is 0.889 bits per heavy atom. The summed E-state index contributed by atoms with van der Waals surface area (Å²) in [4.78, 5) is 8.08. The van der Waals surface area contributed by atoms with Crippen LogP contribution in [0.4, 0.5) is 0 Å². The Hall–Kier alpha value is -1.72. The highest BCUT2D eigenvalue weighted by atomic mass is 15.1. The van der Waals surface area contributed by atoms with Crippen molar-refractivity contribution in [3.05, 3.63) is 12.4 Å². The number of hydrogen-bond donors (Lipinski definition) is 4. The molecule has 6 nitrogen and oxygen atoms in total. The molecule has 3 aliphatic heterocycles. The van der Waals surface area contributed by atoms with Gasteiger partial charge in [0.1, 0.15) is 0 Å². The highest BCUT2D eigenvalue weighted by molar-refractivity contribution is 5.81. The number of hydrogen-bond acceptors (Lipinski definition) is 6. The molecular weight excluding hydrogens is 228 g/mol. The fraction of sp³-hybridized carbons (Fsp3) is 0.667. The molecule has 18 heavy (non-hydrogen) atoms. The summed E-state index contributed by atoms with van der Waals surface area (Å²) in [6.45, 7) is 13.6. The molecular formula is C12H26N6+2. The standard InChI is InChI=1S/3C4H8N2/c3*1-4-5-2-3-6-4/h2*2-3H2,1H3,(H,5,6);5-6H,1-3H2/p+2/i/hD. The third-order valence-electron chi connectivity index (χ3n) is 2.48. The molecule has 3 rings (SSSR count). The summed E-state index contributed by atoms with van der Waals surface area (Å²) >= 11 is 0. The van der Waals surface area contributed by atoms with Crippen LogP contribution >= 0.6 is 0 Å². The molecule has 0 aromatic heterocycles. The summed E-state index contributed by atoms with van der Waals surface area (Å²) in [5, 5.41) is 12.2. The largest absolute Gasteiger partial charge is 1.00 e. The molecule has 0 spiro atoms. The molecule has 0 atom stereocenters. The Kier molecular flexibility index (Phi) is 6.68. The molecule has 0 bridgehead atoms. The smallest absolute Gasteiger partial charge is 0.372 e. The zero-order valence-corrected chi connectivity index (χ0v) is 11.3. The maximum Gasteiger partial charge on any atom is 1.00 e. The second-order valence-electron chi connectivity index (χ2n) is 4.12. The first-order valence-corrected chi connectivity index (χ1v) is 6.35. The molecule has 0 aromatic rings. The topological polar surface area (TPSA) is 72.8 Å². The first kappa shape index (κ1) is 14.3. The van der Waals surface area contributed by atoms with Crippen LogP contribution in [-0.4, -0.2) is 50.9 Å². The van der Waals surface area contributed by atoms with Crippen LogP contribution in [0.1, 0.15) is 16.7 Å². The van der Waals surface area contributed by atoms with Crippen molar-refractivity contribution >= 4 is 11.7 Å². The second-order valence-corrected chi connectivity index (χ2v) is 4.12. The molecule has 102 valence electrons. The normalized spacial score (nSPS) is 19.8. The lowest BCUT2D eigenvalue weighted by Crippen LogP contribution is -2.13. The zero-order valence-electron chi connectivity index (χ0n) is 13.3. The first-order valence-electron chi connectivity index (χ1n) is 6.35. The van der Waals surface area contributed by atoms with E-state index in [1.807, 2.05) is 13.8 Å². The van der Waals surface area contributed by atoms with E-state index in [-0.39, 0.29) is 2.85 Å². The molecule has 1 saturated heterocycles. The summed E-state index contributed by atoms with van der Waals surface area (Å²) in [5.41, 5.74) is 0. The lowest BCUT2D eigenvalue weighted by atomic mass is 10.7. The molecule has 0 aromatic carbocycles. The molecule has 0 amide bonds. The average Bonchev–Trinajstić information content (AvgIpc) is 3.05. The predicted octanol–water partition coefficient (Wildman–Crippen LogP) is -0.109. The Bertz CT molecular complexity index is 300. The van der Waals surface area contributed by atoms with Gasteiger partial charge in [-0.3, -0.25) is 9.98 Å². The maximum atomic E-state index is 4.04. The lowest BCUT2D eigenvalue weighted by Gasteiger charge is -1.89. The highest BCUT2D eigenvalue weighted by Gasteiger charge is 1.96. The maximum absolute atomic E-state index is 4.04. The van der Waals surface area contributed by atoms with E-state index in [1.54, 1.807) is 0 Å². The van der Waals surface area contributed by atoms with Crippen LogP contribution in [0.25, 0.3) is 0 Å². The van der Waals surface area contributed by atoms with E-state index in [9.17, 15) is 0 Å². The lowest BCUT2D eigenvalue weighted by molar-refractivity contribution is 0.942. The van der Waals surface area contributed by atoms with E-state index in [1.165, 1.54) is 0 Å². The van der Waals surface area contributed by atoms with E-state index >= 15 is 0 Å². The van der Waals surface area contributed by atoms with Gasteiger partial charge in [-0.15, -0.1) is 0 Å². The minimum atomic E-state index is 0. The first-order chi connectivity index (χ1) is 8.68. The van der Waals surface area contributed by atoms with Gasteiger partial charge >= 0.3 is 2.85 Å². The summed E-state index contributed by atoms with van der Waals surface area (Å²) in [5.74, 6) is 3.11. The van der Waals surface area contributed by atoms with E-state index in [4.69, 9.17) is 0 Å². The van der Waals surface area contributed by atoms with Crippen molar-refractivity contribution in [1.29, 1.82) is 0 Å². The molecule has 1 fully saturated rings. The average molecular weight is 255 g/mol. The van der Waals surface area contributed by atoms with E-state index in [2.05, 4.69) is 37.8 Å². The van der Waals surface area contributed by atoms with Crippen LogP contribution in [0, 0.1) is 0 Å². The molecule has 3 aliphatic rings. The molecule has 0 unspecified atom stereocenters. The Morgan fingerprint density at radius 2 is 1.33 bits per heavy atom. The Labute approximate surface area is 112 Å². The molecule has 0 radical (unpaired) electrons. The van der Waals surface area contributed by atoms with Crippen molar-refractivity contribution < 1.29 is 2.85 Å². The fourth-order valence-electron chi connectivity index (χ4n) is 1.52. The highest BCUT2D eigenvalue weighted by Crippen LogP contribution is 1.80. The summed E-state index contributed by atoms with van der Waals surface area (Å²) in [7, 11) is 0. The predicted molar refractivity (Wildman–Crippen MR) is 79.3 cm³/mol. The van der Waals surface area contributed by atoms with Gasteiger partial charge in [-0.25, -0.2) is 0 Å².